The molecule has 142 valence electrons. The first-order valence-electron chi connectivity index (χ1n) is 9.27. The Bertz CT molecular complexity index is 818. The second-order valence-electron chi connectivity index (χ2n) is 6.86. The minimum absolute atomic E-state index is 0.0529. The van der Waals surface area contributed by atoms with Gasteiger partial charge in [0.1, 0.15) is 0 Å². The molecule has 0 aromatic heterocycles. The molecule has 1 saturated heterocycles. The number of benzene rings is 2. The van der Waals surface area contributed by atoms with Crippen molar-refractivity contribution < 1.29 is 19.0 Å². The van der Waals surface area contributed by atoms with E-state index in [1.54, 1.807) is 0 Å². The van der Waals surface area contributed by atoms with Gasteiger partial charge in [-0.2, -0.15) is 0 Å². The molecule has 6 nitrogen and oxygen atoms in total. The molecule has 1 N–H and O–H groups in total. The van der Waals surface area contributed by atoms with Gasteiger partial charge in [-0.15, -0.1) is 0 Å². The van der Waals surface area contributed by atoms with E-state index >= 15 is 0 Å². The zero-order valence-electron chi connectivity index (χ0n) is 15.4. The number of ether oxygens (including phenoxy) is 3. The van der Waals surface area contributed by atoms with Gasteiger partial charge in [0, 0.05) is 25.2 Å². The Labute approximate surface area is 159 Å². The molecule has 1 amide bonds. The van der Waals surface area contributed by atoms with Crippen molar-refractivity contribution >= 4 is 5.91 Å². The first-order valence-corrected chi connectivity index (χ1v) is 9.27. The van der Waals surface area contributed by atoms with Crippen LogP contribution in [0.2, 0.25) is 0 Å². The molecule has 1 fully saturated rings. The van der Waals surface area contributed by atoms with E-state index in [0.717, 1.165) is 35.7 Å². The van der Waals surface area contributed by atoms with Crippen molar-refractivity contribution in [1.29, 1.82) is 0 Å². The van der Waals surface area contributed by atoms with Gasteiger partial charge in [0.25, 0.3) is 5.91 Å². The maximum Gasteiger partial charge on any atom is 0.251 e. The van der Waals surface area contributed by atoms with Crippen LogP contribution in [0, 0.1) is 6.92 Å². The van der Waals surface area contributed by atoms with E-state index in [0.29, 0.717) is 25.3 Å². The smallest absolute Gasteiger partial charge is 0.251 e. The second kappa shape index (κ2) is 7.98. The molecule has 27 heavy (non-hydrogen) atoms. The van der Waals surface area contributed by atoms with Gasteiger partial charge in [-0.05, 0) is 36.8 Å². The number of nitrogens with one attached hydrogen (secondary N) is 1. The van der Waals surface area contributed by atoms with E-state index in [-0.39, 0.29) is 18.7 Å². The molecule has 6 heteroatoms. The summed E-state index contributed by atoms with van der Waals surface area (Å²) in [5.74, 6) is 1.47. The van der Waals surface area contributed by atoms with Crippen molar-refractivity contribution in [2.24, 2.45) is 0 Å². The lowest BCUT2D eigenvalue weighted by molar-refractivity contribution is 0.0162. The number of hydrogen-bond donors (Lipinski definition) is 1. The average molecular weight is 368 g/mol. The number of hydrogen-bond acceptors (Lipinski definition) is 5. The van der Waals surface area contributed by atoms with Crippen LogP contribution >= 0.6 is 0 Å². The highest BCUT2D eigenvalue weighted by Crippen LogP contribution is 2.35. The van der Waals surface area contributed by atoms with Crippen LogP contribution in [-0.2, 0) is 4.74 Å². The molecule has 2 heterocycles. The molecule has 0 radical (unpaired) electrons. The number of amides is 1. The Balaban J connectivity index is 1.52. The van der Waals surface area contributed by atoms with Gasteiger partial charge in [-0.25, -0.2) is 0 Å². The first kappa shape index (κ1) is 17.8. The molecule has 0 spiro atoms. The number of morpholine rings is 1. The van der Waals surface area contributed by atoms with Crippen molar-refractivity contribution in [3.63, 3.8) is 0 Å². The molecule has 4 rings (SSSR count). The van der Waals surface area contributed by atoms with Crippen molar-refractivity contribution in [1.82, 2.24) is 10.2 Å². The summed E-state index contributed by atoms with van der Waals surface area (Å²) in [4.78, 5) is 14.9. The summed E-state index contributed by atoms with van der Waals surface area (Å²) in [7, 11) is 0. The van der Waals surface area contributed by atoms with Gasteiger partial charge in [0.05, 0.1) is 19.3 Å². The maximum absolute atomic E-state index is 12.6. The second-order valence-corrected chi connectivity index (χ2v) is 6.86. The number of carbonyl (C=O) groups excluding carboxylic acids is 1. The fraction of sp³-hybridized carbons (Fsp3) is 0.381. The molecule has 2 aromatic carbocycles. The van der Waals surface area contributed by atoms with Crippen LogP contribution in [0.25, 0.3) is 0 Å². The van der Waals surface area contributed by atoms with Crippen molar-refractivity contribution in [2.45, 2.75) is 13.0 Å². The van der Waals surface area contributed by atoms with Crippen molar-refractivity contribution in [2.75, 3.05) is 39.6 Å². The Kier molecular flexibility index (Phi) is 5.27. The van der Waals surface area contributed by atoms with Gasteiger partial charge < -0.3 is 19.5 Å². The summed E-state index contributed by atoms with van der Waals surface area (Å²) >= 11 is 0. The minimum atomic E-state index is -0.0577. The maximum atomic E-state index is 12.6. The standard InChI is InChI=1S/C21H24N2O4/c1-15-3-2-4-17(11-15)21(24)22-13-18(23-7-9-25-10-8-23)16-5-6-19-20(12-16)27-14-26-19/h2-6,11-12,18H,7-10,13-14H2,1H3,(H,22,24). The van der Waals surface area contributed by atoms with E-state index in [9.17, 15) is 4.79 Å². The zero-order chi connectivity index (χ0) is 18.6. The van der Waals surface area contributed by atoms with Gasteiger partial charge in [-0.3, -0.25) is 9.69 Å². The third-order valence-electron chi connectivity index (χ3n) is 5.00. The fourth-order valence-electron chi connectivity index (χ4n) is 3.55. The molecular formula is C21H24N2O4. The van der Waals surface area contributed by atoms with E-state index in [1.807, 2.05) is 49.4 Å². The van der Waals surface area contributed by atoms with Gasteiger partial charge in [-0.1, -0.05) is 23.8 Å². The summed E-state index contributed by atoms with van der Waals surface area (Å²) in [5.41, 5.74) is 2.86. The van der Waals surface area contributed by atoms with Gasteiger partial charge in [0.2, 0.25) is 6.79 Å². The summed E-state index contributed by atoms with van der Waals surface area (Å²) in [5, 5.41) is 3.10. The molecular weight excluding hydrogens is 344 g/mol. The van der Waals surface area contributed by atoms with E-state index in [4.69, 9.17) is 14.2 Å². The normalized spacial score (nSPS) is 17.5. The lowest BCUT2D eigenvalue weighted by Crippen LogP contribution is -2.43. The first-order chi connectivity index (χ1) is 13.2. The van der Waals surface area contributed by atoms with Crippen molar-refractivity contribution in [3.8, 4) is 11.5 Å². The van der Waals surface area contributed by atoms with Crippen LogP contribution in [0.5, 0.6) is 11.5 Å². The molecule has 0 saturated carbocycles. The molecule has 1 atom stereocenters. The number of nitrogens with zero attached hydrogens (tertiary/aromatic N) is 1. The largest absolute Gasteiger partial charge is 0.454 e. The lowest BCUT2D eigenvalue weighted by Gasteiger charge is -2.35. The monoisotopic (exact) mass is 368 g/mol. The Morgan fingerprint density at radius 3 is 2.74 bits per heavy atom. The SMILES string of the molecule is Cc1cccc(C(=O)NCC(c2ccc3c(c2)OCO3)N2CCOCC2)c1. The number of fused-ring (bicyclic) bond motifs is 1. The van der Waals surface area contributed by atoms with E-state index in [2.05, 4.69) is 10.2 Å². The molecule has 2 aliphatic heterocycles. The highest BCUT2D eigenvalue weighted by molar-refractivity contribution is 5.94. The number of rotatable bonds is 5. The van der Waals surface area contributed by atoms with Crippen molar-refractivity contribution in [3.05, 3.63) is 59.2 Å². The third-order valence-corrected chi connectivity index (χ3v) is 5.00. The van der Waals surface area contributed by atoms with Crippen LogP contribution in [0.3, 0.4) is 0 Å². The number of carbonyl (C=O) groups is 1. The Morgan fingerprint density at radius 1 is 1.11 bits per heavy atom. The fourth-order valence-corrected chi connectivity index (χ4v) is 3.55. The quantitative estimate of drug-likeness (QED) is 0.879. The summed E-state index contributed by atoms with van der Waals surface area (Å²) in [6.07, 6.45) is 0. The summed E-state index contributed by atoms with van der Waals surface area (Å²) in [6, 6.07) is 13.7. The summed E-state index contributed by atoms with van der Waals surface area (Å²) < 4.78 is 16.4. The average Bonchev–Trinajstić information content (AvgIpc) is 3.17. The highest BCUT2D eigenvalue weighted by atomic mass is 16.7. The van der Waals surface area contributed by atoms with Crippen LogP contribution in [0.1, 0.15) is 27.5 Å². The van der Waals surface area contributed by atoms with Gasteiger partial charge >= 0.3 is 0 Å². The topological polar surface area (TPSA) is 60.0 Å². The molecule has 0 bridgehead atoms. The van der Waals surface area contributed by atoms with E-state index < -0.39 is 0 Å². The Hall–Kier alpha value is -2.57. The zero-order valence-corrected chi connectivity index (χ0v) is 15.4. The van der Waals surface area contributed by atoms with Crippen LogP contribution < -0.4 is 14.8 Å². The summed E-state index contributed by atoms with van der Waals surface area (Å²) in [6.45, 7) is 5.83. The number of aryl methyl sites for hydroxylation is 1. The third kappa shape index (κ3) is 4.07. The van der Waals surface area contributed by atoms with Crippen LogP contribution in [0.4, 0.5) is 0 Å². The Morgan fingerprint density at radius 2 is 1.93 bits per heavy atom. The predicted molar refractivity (Wildman–Crippen MR) is 101 cm³/mol. The highest BCUT2D eigenvalue weighted by Gasteiger charge is 2.25. The minimum Gasteiger partial charge on any atom is -0.454 e. The van der Waals surface area contributed by atoms with E-state index in [1.165, 1.54) is 0 Å². The lowest BCUT2D eigenvalue weighted by atomic mass is 10.0. The van der Waals surface area contributed by atoms with Crippen LogP contribution in [0.15, 0.2) is 42.5 Å². The molecule has 2 aliphatic rings. The predicted octanol–water partition coefficient (Wildman–Crippen LogP) is 2.53. The molecule has 0 aliphatic carbocycles. The molecule has 1 unspecified atom stereocenters. The molecule has 2 aromatic rings. The van der Waals surface area contributed by atoms with Gasteiger partial charge in [0.15, 0.2) is 11.5 Å². The van der Waals surface area contributed by atoms with Crippen LogP contribution in [-0.4, -0.2) is 50.4 Å².